The van der Waals surface area contributed by atoms with Crippen molar-refractivity contribution in [1.82, 2.24) is 5.32 Å². The molecule has 0 radical (unpaired) electrons. The minimum atomic E-state index is -0.658. The Hall–Kier alpha value is -3.61. The van der Waals surface area contributed by atoms with E-state index in [0.717, 1.165) is 11.1 Å². The Morgan fingerprint density at radius 1 is 0.967 bits per heavy atom. The molecule has 158 valence electrons. The summed E-state index contributed by atoms with van der Waals surface area (Å²) >= 11 is 0. The van der Waals surface area contributed by atoms with E-state index in [0.29, 0.717) is 11.4 Å². The van der Waals surface area contributed by atoms with Crippen LogP contribution in [-0.2, 0) is 14.3 Å². The smallest absolute Gasteiger partial charge is 0.408 e. The quantitative estimate of drug-likeness (QED) is 0.626. The van der Waals surface area contributed by atoms with Gasteiger partial charge in [0.25, 0.3) is 0 Å². The van der Waals surface area contributed by atoms with Gasteiger partial charge in [-0.15, -0.1) is 0 Å². The number of carbonyl (C=O) groups is 3. The van der Waals surface area contributed by atoms with Crippen molar-refractivity contribution in [1.29, 1.82) is 0 Å². The van der Waals surface area contributed by atoms with Crippen LogP contribution in [0.2, 0.25) is 0 Å². The third kappa shape index (κ3) is 8.60. The molecule has 7 nitrogen and oxygen atoms in total. The van der Waals surface area contributed by atoms with E-state index in [1.165, 1.54) is 6.08 Å². The number of amides is 3. The third-order valence-electron chi connectivity index (χ3n) is 3.70. The monoisotopic (exact) mass is 409 g/mol. The first-order chi connectivity index (χ1) is 14.1. The summed E-state index contributed by atoms with van der Waals surface area (Å²) in [6.45, 7) is 7.00. The highest BCUT2D eigenvalue weighted by molar-refractivity contribution is 6.02. The van der Waals surface area contributed by atoms with E-state index in [-0.39, 0.29) is 12.5 Å². The van der Waals surface area contributed by atoms with Crippen molar-refractivity contribution in [3.8, 4) is 0 Å². The maximum Gasteiger partial charge on any atom is 0.408 e. The molecule has 0 aliphatic rings. The molecule has 7 heteroatoms. The molecule has 0 aromatic heterocycles. The summed E-state index contributed by atoms with van der Waals surface area (Å²) in [7, 11) is 0. The van der Waals surface area contributed by atoms with E-state index in [1.807, 2.05) is 31.2 Å². The van der Waals surface area contributed by atoms with Gasteiger partial charge in [-0.1, -0.05) is 29.8 Å². The van der Waals surface area contributed by atoms with Crippen LogP contribution in [0.4, 0.5) is 16.2 Å². The SMILES string of the molecule is Cc1cccc(/C=C/C(=O)Nc2ccc(NC(=O)CNC(=O)OC(C)(C)C)cc2)c1. The number of benzene rings is 2. The van der Waals surface area contributed by atoms with Crippen LogP contribution in [0.15, 0.2) is 54.6 Å². The van der Waals surface area contributed by atoms with Crippen LogP contribution in [0.5, 0.6) is 0 Å². The molecule has 0 heterocycles. The fourth-order valence-electron chi connectivity index (χ4n) is 2.44. The number of aryl methyl sites for hydroxylation is 1. The molecule has 0 saturated carbocycles. The van der Waals surface area contributed by atoms with E-state index in [4.69, 9.17) is 4.74 Å². The van der Waals surface area contributed by atoms with Gasteiger partial charge in [0.15, 0.2) is 0 Å². The number of carbonyl (C=O) groups excluding carboxylic acids is 3. The molecule has 3 amide bonds. The Labute approximate surface area is 176 Å². The van der Waals surface area contributed by atoms with Gasteiger partial charge in [-0.05, 0) is 63.6 Å². The lowest BCUT2D eigenvalue weighted by Crippen LogP contribution is -2.37. The highest BCUT2D eigenvalue weighted by atomic mass is 16.6. The first kappa shape index (κ1) is 22.7. The van der Waals surface area contributed by atoms with Crippen molar-refractivity contribution in [3.05, 3.63) is 65.7 Å². The average Bonchev–Trinajstić information content (AvgIpc) is 2.65. The van der Waals surface area contributed by atoms with Crippen LogP contribution in [0.1, 0.15) is 31.9 Å². The van der Waals surface area contributed by atoms with Crippen molar-refractivity contribution in [3.63, 3.8) is 0 Å². The normalized spacial score (nSPS) is 11.1. The van der Waals surface area contributed by atoms with Crippen molar-refractivity contribution in [2.24, 2.45) is 0 Å². The van der Waals surface area contributed by atoms with Crippen LogP contribution in [0.3, 0.4) is 0 Å². The fraction of sp³-hybridized carbons (Fsp3) is 0.261. The van der Waals surface area contributed by atoms with Crippen LogP contribution in [-0.4, -0.2) is 30.1 Å². The van der Waals surface area contributed by atoms with E-state index in [2.05, 4.69) is 16.0 Å². The summed E-state index contributed by atoms with van der Waals surface area (Å²) in [5.74, 6) is -0.645. The largest absolute Gasteiger partial charge is 0.444 e. The molecule has 0 spiro atoms. The second-order valence-electron chi connectivity index (χ2n) is 7.72. The Balaban J connectivity index is 1.80. The number of hydrogen-bond donors (Lipinski definition) is 3. The summed E-state index contributed by atoms with van der Waals surface area (Å²) in [6.07, 6.45) is 2.55. The van der Waals surface area contributed by atoms with Gasteiger partial charge in [0.1, 0.15) is 12.1 Å². The average molecular weight is 409 g/mol. The number of hydrogen-bond acceptors (Lipinski definition) is 4. The predicted molar refractivity (Wildman–Crippen MR) is 118 cm³/mol. The molecular weight excluding hydrogens is 382 g/mol. The zero-order valence-electron chi connectivity index (χ0n) is 17.6. The molecule has 2 aromatic carbocycles. The van der Waals surface area contributed by atoms with Crippen LogP contribution in [0, 0.1) is 6.92 Å². The summed E-state index contributed by atoms with van der Waals surface area (Å²) in [4.78, 5) is 35.6. The van der Waals surface area contributed by atoms with Gasteiger partial charge in [-0.2, -0.15) is 0 Å². The molecule has 3 N–H and O–H groups in total. The number of alkyl carbamates (subject to hydrolysis) is 1. The van der Waals surface area contributed by atoms with E-state index in [1.54, 1.807) is 51.1 Å². The number of nitrogens with one attached hydrogen (secondary N) is 3. The van der Waals surface area contributed by atoms with Crippen molar-refractivity contribution in [2.45, 2.75) is 33.3 Å². The Morgan fingerprint density at radius 2 is 1.60 bits per heavy atom. The first-order valence-electron chi connectivity index (χ1n) is 9.53. The van der Waals surface area contributed by atoms with Gasteiger partial charge in [-0.25, -0.2) is 4.79 Å². The fourth-order valence-corrected chi connectivity index (χ4v) is 2.44. The first-order valence-corrected chi connectivity index (χ1v) is 9.53. The van der Waals surface area contributed by atoms with E-state index < -0.39 is 17.6 Å². The Bertz CT molecular complexity index is 928. The van der Waals surface area contributed by atoms with Gasteiger partial charge in [-0.3, -0.25) is 9.59 Å². The molecule has 0 saturated heterocycles. The lowest BCUT2D eigenvalue weighted by Gasteiger charge is -2.19. The number of rotatable bonds is 6. The summed E-state index contributed by atoms with van der Waals surface area (Å²) < 4.78 is 5.07. The summed E-state index contributed by atoms with van der Waals surface area (Å²) in [5.41, 5.74) is 2.58. The standard InChI is InChI=1S/C23H27N3O4/c1-16-6-5-7-17(14-16)8-13-20(27)25-18-9-11-19(12-10-18)26-21(28)15-24-22(29)30-23(2,3)4/h5-14H,15H2,1-4H3,(H,24,29)(H,25,27)(H,26,28)/b13-8+. The lowest BCUT2D eigenvalue weighted by atomic mass is 10.1. The van der Waals surface area contributed by atoms with Gasteiger partial charge in [0, 0.05) is 17.5 Å². The predicted octanol–water partition coefficient (Wildman–Crippen LogP) is 4.11. The molecule has 2 rings (SSSR count). The van der Waals surface area contributed by atoms with Gasteiger partial charge in [0.2, 0.25) is 11.8 Å². The molecule has 0 unspecified atom stereocenters. The third-order valence-corrected chi connectivity index (χ3v) is 3.70. The molecule has 0 aliphatic carbocycles. The Morgan fingerprint density at radius 3 is 2.20 bits per heavy atom. The van der Waals surface area contributed by atoms with Crippen LogP contribution < -0.4 is 16.0 Å². The maximum absolute atomic E-state index is 12.1. The van der Waals surface area contributed by atoms with Gasteiger partial charge >= 0.3 is 6.09 Å². The minimum Gasteiger partial charge on any atom is -0.444 e. The molecule has 0 atom stereocenters. The van der Waals surface area contributed by atoms with Crippen LogP contribution in [0.25, 0.3) is 6.08 Å². The van der Waals surface area contributed by atoms with Crippen LogP contribution >= 0.6 is 0 Å². The second kappa shape index (κ2) is 10.2. The molecule has 0 fully saturated rings. The van der Waals surface area contributed by atoms with E-state index in [9.17, 15) is 14.4 Å². The molecule has 0 bridgehead atoms. The molecule has 30 heavy (non-hydrogen) atoms. The van der Waals surface area contributed by atoms with Gasteiger partial charge < -0.3 is 20.7 Å². The molecule has 0 aliphatic heterocycles. The molecule has 2 aromatic rings. The van der Waals surface area contributed by atoms with Crippen molar-refractivity contribution in [2.75, 3.05) is 17.2 Å². The summed E-state index contributed by atoms with van der Waals surface area (Å²) in [6, 6.07) is 14.5. The van der Waals surface area contributed by atoms with Gasteiger partial charge in [0.05, 0.1) is 0 Å². The van der Waals surface area contributed by atoms with E-state index >= 15 is 0 Å². The molecular formula is C23H27N3O4. The number of anilines is 2. The second-order valence-corrected chi connectivity index (χ2v) is 7.72. The topological polar surface area (TPSA) is 96.5 Å². The van der Waals surface area contributed by atoms with Crippen molar-refractivity contribution >= 4 is 35.4 Å². The minimum absolute atomic E-state index is 0.211. The highest BCUT2D eigenvalue weighted by Gasteiger charge is 2.16. The van der Waals surface area contributed by atoms with Crippen molar-refractivity contribution < 1.29 is 19.1 Å². The highest BCUT2D eigenvalue weighted by Crippen LogP contribution is 2.14. The number of ether oxygens (including phenoxy) is 1. The lowest BCUT2D eigenvalue weighted by molar-refractivity contribution is -0.115. The maximum atomic E-state index is 12.1. The zero-order valence-corrected chi connectivity index (χ0v) is 17.6. The Kier molecular flexibility index (Phi) is 7.75. The summed E-state index contributed by atoms with van der Waals surface area (Å²) in [5, 5.41) is 7.80. The zero-order chi connectivity index (χ0) is 22.1.